The third-order valence-corrected chi connectivity index (χ3v) is 2.57. The van der Waals surface area contributed by atoms with Crippen LogP contribution in [0.25, 0.3) is 4.85 Å². The molecule has 0 unspecified atom stereocenters. The summed E-state index contributed by atoms with van der Waals surface area (Å²) in [4.78, 5) is 7.53. The molecular weight excluding hydrogens is 191 g/mol. The Morgan fingerprint density at radius 2 is 2.20 bits per heavy atom. The van der Waals surface area contributed by atoms with Gasteiger partial charge < -0.3 is 0 Å². The van der Waals surface area contributed by atoms with Crippen LogP contribution in [0.2, 0.25) is 0 Å². The monoisotopic (exact) mass is 202 g/mol. The number of fused-ring (bicyclic) bond motifs is 1. The predicted octanol–water partition coefficient (Wildman–Crippen LogP) is 3.66. The molecule has 15 heavy (non-hydrogen) atoms. The second kappa shape index (κ2) is 3.47. The van der Waals surface area contributed by atoms with Gasteiger partial charge in [-0.15, -0.1) is 0 Å². The number of nitrogens with zero attached hydrogens (tertiary/aromatic N) is 2. The zero-order valence-electron chi connectivity index (χ0n) is 8.71. The summed E-state index contributed by atoms with van der Waals surface area (Å²) < 4.78 is 13.3. The molecule has 1 aliphatic rings. The summed E-state index contributed by atoms with van der Waals surface area (Å²) in [7, 11) is 0. The van der Waals surface area contributed by atoms with Gasteiger partial charge in [0.2, 0.25) is 5.69 Å². The van der Waals surface area contributed by atoms with Gasteiger partial charge in [-0.05, 0) is 23.6 Å². The van der Waals surface area contributed by atoms with Gasteiger partial charge in [0, 0.05) is 12.1 Å². The van der Waals surface area contributed by atoms with Gasteiger partial charge in [-0.2, -0.15) is 0 Å². The first-order chi connectivity index (χ1) is 7.11. The van der Waals surface area contributed by atoms with Crippen molar-refractivity contribution in [3.63, 3.8) is 0 Å². The fourth-order valence-electron chi connectivity index (χ4n) is 1.65. The zero-order chi connectivity index (χ0) is 11.0. The van der Waals surface area contributed by atoms with Crippen LogP contribution < -0.4 is 0 Å². The molecule has 3 heteroatoms. The lowest BCUT2D eigenvalue weighted by Crippen LogP contribution is -2.06. The van der Waals surface area contributed by atoms with Crippen molar-refractivity contribution in [2.75, 3.05) is 0 Å². The van der Waals surface area contributed by atoms with Crippen LogP contribution in [-0.4, -0.2) is 5.71 Å². The van der Waals surface area contributed by atoms with Crippen molar-refractivity contribution in [1.29, 1.82) is 0 Å². The average Bonchev–Trinajstić information content (AvgIpc) is 2.59. The van der Waals surface area contributed by atoms with E-state index in [0.717, 1.165) is 17.0 Å². The van der Waals surface area contributed by atoms with Crippen molar-refractivity contribution >= 4 is 17.1 Å². The van der Waals surface area contributed by atoms with E-state index < -0.39 is 5.82 Å². The maximum Gasteiger partial charge on any atom is 0.224 e. The molecule has 2 nitrogen and oxygen atoms in total. The Labute approximate surface area is 88.3 Å². The molecule has 0 saturated carbocycles. The third kappa shape index (κ3) is 1.63. The van der Waals surface area contributed by atoms with Crippen molar-refractivity contribution in [3.8, 4) is 0 Å². The molecule has 0 fully saturated rings. The van der Waals surface area contributed by atoms with Crippen molar-refractivity contribution < 1.29 is 4.39 Å². The molecule has 1 aromatic rings. The second-order valence-electron chi connectivity index (χ2n) is 3.98. The molecule has 0 aliphatic carbocycles. The second-order valence-corrected chi connectivity index (χ2v) is 3.98. The number of rotatable bonds is 1. The van der Waals surface area contributed by atoms with Crippen LogP contribution in [0.5, 0.6) is 0 Å². The van der Waals surface area contributed by atoms with Crippen LogP contribution in [0.3, 0.4) is 0 Å². The molecule has 0 bridgehead atoms. The molecule has 0 aromatic heterocycles. The number of halogens is 1. The summed E-state index contributed by atoms with van der Waals surface area (Å²) in [6.07, 6.45) is 0.711. The first-order valence-corrected chi connectivity index (χ1v) is 4.89. The molecule has 0 saturated heterocycles. The lowest BCUT2D eigenvalue weighted by atomic mass is 10.0. The number of benzene rings is 1. The average molecular weight is 202 g/mol. The number of hydrogen-bond donors (Lipinski definition) is 0. The van der Waals surface area contributed by atoms with Crippen molar-refractivity contribution in [3.05, 3.63) is 34.9 Å². The van der Waals surface area contributed by atoms with Crippen molar-refractivity contribution in [1.82, 2.24) is 0 Å². The molecule has 2 rings (SSSR count). The van der Waals surface area contributed by atoms with E-state index in [4.69, 9.17) is 6.57 Å². The molecule has 76 valence electrons. The Morgan fingerprint density at radius 3 is 2.80 bits per heavy atom. The summed E-state index contributed by atoms with van der Waals surface area (Å²) in [5, 5.41) is 0. The van der Waals surface area contributed by atoms with E-state index in [2.05, 4.69) is 23.7 Å². The first kappa shape index (κ1) is 9.85. The molecule has 1 aliphatic heterocycles. The molecule has 0 spiro atoms. The van der Waals surface area contributed by atoms with E-state index in [9.17, 15) is 4.39 Å². The van der Waals surface area contributed by atoms with Crippen LogP contribution in [0.15, 0.2) is 17.1 Å². The quantitative estimate of drug-likeness (QED) is 0.618. The molecule has 0 N–H and O–H groups in total. The van der Waals surface area contributed by atoms with Gasteiger partial charge in [-0.25, -0.2) is 9.24 Å². The lowest BCUT2D eigenvalue weighted by molar-refractivity contribution is 0.632. The lowest BCUT2D eigenvalue weighted by Gasteiger charge is -2.01. The smallest absolute Gasteiger partial charge is 0.224 e. The fraction of sp³-hybridized carbons (Fsp3) is 0.333. The topological polar surface area (TPSA) is 16.7 Å². The molecule has 1 aromatic carbocycles. The molecule has 1 heterocycles. The van der Waals surface area contributed by atoms with E-state index >= 15 is 0 Å². The minimum Gasteiger partial charge on any atom is -0.258 e. The molecule has 0 radical (unpaired) electrons. The predicted molar refractivity (Wildman–Crippen MR) is 58.3 cm³/mol. The maximum absolute atomic E-state index is 13.3. The molecule has 0 atom stereocenters. The normalized spacial score (nSPS) is 13.7. The van der Waals surface area contributed by atoms with Gasteiger partial charge in [0.1, 0.15) is 5.82 Å². The van der Waals surface area contributed by atoms with Gasteiger partial charge in [0.25, 0.3) is 0 Å². The van der Waals surface area contributed by atoms with E-state index in [1.807, 2.05) is 0 Å². The summed E-state index contributed by atoms with van der Waals surface area (Å²) in [5.41, 5.74) is 2.77. The SMILES string of the molecule is [C-]#[N+]c1cc2c(cc1F)CC(C(C)C)=N2. The number of hydrogen-bond acceptors (Lipinski definition) is 1. The van der Waals surface area contributed by atoms with Gasteiger partial charge in [-0.1, -0.05) is 13.8 Å². The van der Waals surface area contributed by atoms with E-state index in [1.54, 1.807) is 0 Å². The van der Waals surface area contributed by atoms with Crippen LogP contribution >= 0.6 is 0 Å². The van der Waals surface area contributed by atoms with E-state index in [0.29, 0.717) is 12.3 Å². The van der Waals surface area contributed by atoms with Crippen LogP contribution in [0, 0.1) is 18.3 Å². The van der Waals surface area contributed by atoms with E-state index in [-0.39, 0.29) is 5.69 Å². The highest BCUT2D eigenvalue weighted by atomic mass is 19.1. The van der Waals surface area contributed by atoms with E-state index in [1.165, 1.54) is 12.1 Å². The van der Waals surface area contributed by atoms with Crippen molar-refractivity contribution in [2.24, 2.45) is 10.9 Å². The zero-order valence-corrected chi connectivity index (χ0v) is 8.71. The standard InChI is InChI=1S/C12H11FN2/c1-7(2)10-5-8-4-9(13)12(14-3)6-11(8)15-10/h4,6-7H,5H2,1-2H3. The fourth-order valence-corrected chi connectivity index (χ4v) is 1.65. The first-order valence-electron chi connectivity index (χ1n) is 4.89. The minimum atomic E-state index is -0.441. The molecular formula is C12H11FN2. The highest BCUT2D eigenvalue weighted by Gasteiger charge is 2.19. The van der Waals surface area contributed by atoms with Gasteiger partial charge >= 0.3 is 0 Å². The minimum absolute atomic E-state index is 0.0579. The third-order valence-electron chi connectivity index (χ3n) is 2.57. The largest absolute Gasteiger partial charge is 0.258 e. The summed E-state index contributed by atoms with van der Waals surface area (Å²) in [6, 6.07) is 2.97. The Bertz CT molecular complexity index is 481. The van der Waals surface area contributed by atoms with Crippen LogP contribution in [-0.2, 0) is 6.42 Å². The highest BCUT2D eigenvalue weighted by Crippen LogP contribution is 2.34. The van der Waals surface area contributed by atoms with Crippen molar-refractivity contribution in [2.45, 2.75) is 20.3 Å². The Hall–Kier alpha value is -1.69. The Kier molecular flexibility index (Phi) is 2.28. The summed E-state index contributed by atoms with van der Waals surface area (Å²) in [5.74, 6) is -0.0687. The number of aliphatic imine (C=N–C) groups is 1. The molecule has 0 amide bonds. The van der Waals surface area contributed by atoms with Crippen LogP contribution in [0.4, 0.5) is 15.8 Å². The van der Waals surface area contributed by atoms with Crippen LogP contribution in [0.1, 0.15) is 19.4 Å². The summed E-state index contributed by atoms with van der Waals surface area (Å²) >= 11 is 0. The Balaban J connectivity index is 2.46. The highest BCUT2D eigenvalue weighted by molar-refractivity contribution is 5.95. The maximum atomic E-state index is 13.3. The summed E-state index contributed by atoms with van der Waals surface area (Å²) in [6.45, 7) is 11.0. The van der Waals surface area contributed by atoms with Gasteiger partial charge in [-0.3, -0.25) is 4.99 Å². The van der Waals surface area contributed by atoms with Gasteiger partial charge in [0.15, 0.2) is 0 Å². The van der Waals surface area contributed by atoms with Gasteiger partial charge in [0.05, 0.1) is 12.3 Å². The Morgan fingerprint density at radius 1 is 1.47 bits per heavy atom.